The van der Waals surface area contributed by atoms with Gasteiger partial charge in [-0.25, -0.2) is 9.55 Å². The third-order valence-corrected chi connectivity index (χ3v) is 6.73. The van der Waals surface area contributed by atoms with E-state index in [9.17, 15) is 0 Å². The van der Waals surface area contributed by atoms with Crippen LogP contribution < -0.4 is 4.57 Å². The second-order valence-electron chi connectivity index (χ2n) is 7.83. The Labute approximate surface area is 175 Å². The highest BCUT2D eigenvalue weighted by molar-refractivity contribution is 7.25. The third-order valence-electron chi connectivity index (χ3n) is 5.66. The number of nitrogens with zero attached hydrogens (tertiary/aromatic N) is 2. The van der Waals surface area contributed by atoms with Crippen LogP contribution in [0.1, 0.15) is 16.7 Å². The van der Waals surface area contributed by atoms with Crippen molar-refractivity contribution in [2.45, 2.75) is 20.8 Å². The Hall–Kier alpha value is -3.04. The van der Waals surface area contributed by atoms with E-state index in [2.05, 4.69) is 99.2 Å². The van der Waals surface area contributed by atoms with Crippen LogP contribution in [0.2, 0.25) is 0 Å². The lowest BCUT2D eigenvalue weighted by Gasteiger charge is -2.09. The van der Waals surface area contributed by atoms with Gasteiger partial charge in [-0.3, -0.25) is 0 Å². The van der Waals surface area contributed by atoms with Gasteiger partial charge < -0.3 is 0 Å². The molecule has 142 valence electrons. The summed E-state index contributed by atoms with van der Waals surface area (Å²) >= 11 is 1.78. The maximum Gasteiger partial charge on any atom is 0.213 e. The molecule has 0 spiro atoms. The number of hydrogen-bond donors (Lipinski definition) is 0. The van der Waals surface area contributed by atoms with Crippen LogP contribution in [-0.2, 0) is 7.05 Å². The van der Waals surface area contributed by atoms with Crippen molar-refractivity contribution in [2.24, 2.45) is 7.05 Å². The summed E-state index contributed by atoms with van der Waals surface area (Å²) in [5, 5.41) is 2.54. The van der Waals surface area contributed by atoms with Gasteiger partial charge in [-0.1, -0.05) is 30.3 Å². The molecule has 2 aromatic carbocycles. The molecular weight excluding hydrogens is 372 g/mol. The molecule has 0 N–H and O–H groups in total. The van der Waals surface area contributed by atoms with Crippen LogP contribution in [0.3, 0.4) is 0 Å². The first-order chi connectivity index (χ1) is 14.0. The molecule has 3 heteroatoms. The molecule has 0 saturated heterocycles. The second-order valence-corrected chi connectivity index (χ2v) is 8.86. The fraction of sp³-hybridized carbons (Fsp3) is 0.154. The van der Waals surface area contributed by atoms with Crippen molar-refractivity contribution in [1.29, 1.82) is 0 Å². The molecule has 0 amide bonds. The Morgan fingerprint density at radius 1 is 0.793 bits per heavy atom. The van der Waals surface area contributed by atoms with Gasteiger partial charge in [-0.05, 0) is 56.2 Å². The van der Waals surface area contributed by atoms with Crippen LogP contribution in [0.4, 0.5) is 0 Å². The summed E-state index contributed by atoms with van der Waals surface area (Å²) < 4.78 is 3.52. The predicted octanol–water partition coefficient (Wildman–Crippen LogP) is 6.53. The van der Waals surface area contributed by atoms with E-state index in [1.54, 1.807) is 11.3 Å². The molecule has 0 saturated carbocycles. The van der Waals surface area contributed by atoms with Crippen LogP contribution in [0.5, 0.6) is 0 Å². The smallest absolute Gasteiger partial charge is 0.213 e. The fourth-order valence-electron chi connectivity index (χ4n) is 4.10. The van der Waals surface area contributed by atoms with Gasteiger partial charge in [0.15, 0.2) is 6.20 Å². The van der Waals surface area contributed by atoms with Crippen molar-refractivity contribution in [1.82, 2.24) is 4.98 Å². The number of benzene rings is 2. The molecule has 0 atom stereocenters. The Kier molecular flexibility index (Phi) is 4.21. The summed E-state index contributed by atoms with van der Waals surface area (Å²) in [6.07, 6.45) is 2.21. The number of aromatic nitrogens is 2. The topological polar surface area (TPSA) is 16.8 Å². The summed E-state index contributed by atoms with van der Waals surface area (Å²) in [5.74, 6) is 0. The molecule has 2 nitrogen and oxygen atoms in total. The highest BCUT2D eigenvalue weighted by Crippen LogP contribution is 2.35. The van der Waals surface area contributed by atoms with Crippen LogP contribution >= 0.6 is 11.3 Å². The maximum absolute atomic E-state index is 5.07. The molecule has 0 aliphatic heterocycles. The summed E-state index contributed by atoms with van der Waals surface area (Å²) in [6.45, 7) is 6.47. The van der Waals surface area contributed by atoms with Crippen molar-refractivity contribution in [3.63, 3.8) is 0 Å². The molecule has 3 heterocycles. The summed E-state index contributed by atoms with van der Waals surface area (Å²) in [5.41, 5.74) is 8.49. The third kappa shape index (κ3) is 3.02. The van der Waals surface area contributed by atoms with Crippen molar-refractivity contribution >= 4 is 31.6 Å². The first-order valence-corrected chi connectivity index (χ1v) is 10.7. The molecule has 5 aromatic rings. The maximum atomic E-state index is 5.07. The SMILES string of the molecule is Cc1ccc2c(c1)sc1nc(-c3cc(-c4ccccc4C)[n+](C)cc3C)ccc12. The molecule has 29 heavy (non-hydrogen) atoms. The average molecular weight is 396 g/mol. The van der Waals surface area contributed by atoms with E-state index < -0.39 is 0 Å². The number of aryl methyl sites for hydroxylation is 4. The van der Waals surface area contributed by atoms with Crippen LogP contribution in [0, 0.1) is 20.8 Å². The fourth-order valence-corrected chi connectivity index (χ4v) is 5.27. The van der Waals surface area contributed by atoms with Crippen molar-refractivity contribution < 1.29 is 4.57 Å². The monoisotopic (exact) mass is 395 g/mol. The van der Waals surface area contributed by atoms with Gasteiger partial charge in [0, 0.05) is 38.2 Å². The van der Waals surface area contributed by atoms with Crippen LogP contribution in [0.15, 0.2) is 66.9 Å². The van der Waals surface area contributed by atoms with E-state index in [1.807, 2.05) is 0 Å². The number of rotatable bonds is 2. The van der Waals surface area contributed by atoms with Gasteiger partial charge in [0.05, 0.1) is 5.69 Å². The molecule has 0 radical (unpaired) electrons. The molecule has 5 rings (SSSR count). The highest BCUT2D eigenvalue weighted by Gasteiger charge is 2.18. The Morgan fingerprint density at radius 3 is 2.41 bits per heavy atom. The lowest BCUT2D eigenvalue weighted by molar-refractivity contribution is -0.660. The molecule has 3 aromatic heterocycles. The van der Waals surface area contributed by atoms with Gasteiger partial charge in [-0.15, -0.1) is 11.3 Å². The van der Waals surface area contributed by atoms with E-state index in [0.29, 0.717) is 0 Å². The minimum absolute atomic E-state index is 1.04. The van der Waals surface area contributed by atoms with Crippen molar-refractivity contribution in [3.05, 3.63) is 83.6 Å². The summed E-state index contributed by atoms with van der Waals surface area (Å²) in [6, 6.07) is 21.9. The Bertz CT molecular complexity index is 1400. The van der Waals surface area contributed by atoms with Gasteiger partial charge in [0.25, 0.3) is 0 Å². The zero-order chi connectivity index (χ0) is 20.1. The minimum Gasteiger partial charge on any atom is -0.237 e. The lowest BCUT2D eigenvalue weighted by Crippen LogP contribution is -2.31. The van der Waals surface area contributed by atoms with Crippen LogP contribution in [0.25, 0.3) is 42.8 Å². The van der Waals surface area contributed by atoms with Gasteiger partial charge >= 0.3 is 0 Å². The van der Waals surface area contributed by atoms with Crippen molar-refractivity contribution in [2.75, 3.05) is 0 Å². The minimum atomic E-state index is 1.04. The summed E-state index contributed by atoms with van der Waals surface area (Å²) in [4.78, 5) is 6.17. The number of fused-ring (bicyclic) bond motifs is 3. The average Bonchev–Trinajstić information content (AvgIpc) is 3.05. The van der Waals surface area contributed by atoms with E-state index in [-0.39, 0.29) is 0 Å². The molecule has 0 aliphatic rings. The molecular formula is C26H23N2S+. The van der Waals surface area contributed by atoms with Crippen LogP contribution in [-0.4, -0.2) is 4.98 Å². The molecule has 0 aliphatic carbocycles. The normalized spacial score (nSPS) is 11.4. The lowest BCUT2D eigenvalue weighted by atomic mass is 9.99. The number of pyridine rings is 2. The molecule has 0 bridgehead atoms. The number of thiophene rings is 1. The van der Waals surface area contributed by atoms with E-state index in [4.69, 9.17) is 4.98 Å². The van der Waals surface area contributed by atoms with E-state index >= 15 is 0 Å². The summed E-state index contributed by atoms with van der Waals surface area (Å²) in [7, 11) is 2.11. The first-order valence-electron chi connectivity index (χ1n) is 9.88. The standard InChI is InChI=1S/C26H23N2S/c1-16-9-10-20-21-11-12-23(27-26(21)29-25(20)13-16)22-14-24(28(4)15-18(22)3)19-8-6-5-7-17(19)2/h5-15H,1-4H3/q+1. The quantitative estimate of drug-likeness (QED) is 0.310. The Balaban J connectivity index is 1.71. The highest BCUT2D eigenvalue weighted by atomic mass is 32.1. The predicted molar refractivity (Wildman–Crippen MR) is 123 cm³/mol. The molecule has 0 fully saturated rings. The zero-order valence-corrected chi connectivity index (χ0v) is 18.0. The zero-order valence-electron chi connectivity index (χ0n) is 17.2. The number of hydrogen-bond acceptors (Lipinski definition) is 2. The van der Waals surface area contributed by atoms with Gasteiger partial charge in [0.1, 0.15) is 11.9 Å². The largest absolute Gasteiger partial charge is 0.237 e. The van der Waals surface area contributed by atoms with E-state index in [1.165, 1.54) is 49.0 Å². The van der Waals surface area contributed by atoms with E-state index in [0.717, 1.165) is 10.5 Å². The van der Waals surface area contributed by atoms with Crippen molar-refractivity contribution in [3.8, 4) is 22.5 Å². The van der Waals surface area contributed by atoms with Gasteiger partial charge in [0.2, 0.25) is 5.69 Å². The Morgan fingerprint density at radius 2 is 1.59 bits per heavy atom. The first kappa shape index (κ1) is 18.0. The van der Waals surface area contributed by atoms with Gasteiger partial charge in [-0.2, -0.15) is 0 Å². The molecule has 0 unspecified atom stereocenters. The second kappa shape index (κ2) is 6.78.